The van der Waals surface area contributed by atoms with Gasteiger partial charge < -0.3 is 9.80 Å². The maximum Gasteiger partial charge on any atom is 0.0792 e. The Balaban J connectivity index is 1.10. The molecule has 4 aliphatic rings. The van der Waals surface area contributed by atoms with Crippen LogP contribution in [0.2, 0.25) is 0 Å². The van der Waals surface area contributed by atoms with Gasteiger partial charge in [0.25, 0.3) is 0 Å². The van der Waals surface area contributed by atoms with Gasteiger partial charge >= 0.3 is 0 Å². The van der Waals surface area contributed by atoms with Crippen LogP contribution in [-0.2, 0) is 18.3 Å². The van der Waals surface area contributed by atoms with Crippen molar-refractivity contribution in [3.63, 3.8) is 0 Å². The van der Waals surface area contributed by atoms with E-state index in [1.165, 1.54) is 111 Å². The smallest absolute Gasteiger partial charge is 0.0792 e. The number of hydrogen-bond donors (Lipinski definition) is 0. The summed E-state index contributed by atoms with van der Waals surface area (Å²) >= 11 is 0. The van der Waals surface area contributed by atoms with Gasteiger partial charge in [-0.25, -0.2) is 0 Å². The van der Waals surface area contributed by atoms with Crippen LogP contribution in [0.3, 0.4) is 0 Å². The predicted molar refractivity (Wildman–Crippen MR) is 280 cm³/mol. The Labute approximate surface area is 391 Å². The molecule has 0 amide bonds. The third kappa shape index (κ3) is 5.67. The molecule has 0 bridgehead atoms. The van der Waals surface area contributed by atoms with E-state index in [1.807, 2.05) is 6.20 Å². The summed E-state index contributed by atoms with van der Waals surface area (Å²) in [7, 11) is 0. The van der Waals surface area contributed by atoms with Crippen molar-refractivity contribution in [2.24, 2.45) is 0 Å². The van der Waals surface area contributed by atoms with Gasteiger partial charge in [-0.05, 0) is 137 Å². The summed E-state index contributed by atoms with van der Waals surface area (Å²) in [6, 6.07) is 70.4. The average Bonchev–Trinajstić information content (AvgIpc) is 3.60. The van der Waals surface area contributed by atoms with Crippen molar-refractivity contribution in [3.05, 3.63) is 238 Å². The van der Waals surface area contributed by atoms with Crippen molar-refractivity contribution >= 4 is 62.1 Å². The quantitative estimate of drug-likeness (QED) is 0.176. The van der Waals surface area contributed by atoms with Gasteiger partial charge in [0.2, 0.25) is 0 Å². The van der Waals surface area contributed by atoms with Crippen LogP contribution in [-0.4, -0.2) is 11.0 Å². The van der Waals surface area contributed by atoms with E-state index in [1.54, 1.807) is 0 Å². The van der Waals surface area contributed by atoms with Crippen LogP contribution in [0.1, 0.15) is 53.6 Å². The Kier molecular flexibility index (Phi) is 8.28. The van der Waals surface area contributed by atoms with Crippen LogP contribution in [0.15, 0.2) is 194 Å². The molecule has 318 valence electrons. The molecule has 1 aromatic heterocycles. The number of aromatic nitrogens is 1. The Morgan fingerprint density at radius 3 is 1.84 bits per heavy atom. The molecule has 2 aliphatic carbocycles. The molecule has 0 spiro atoms. The van der Waals surface area contributed by atoms with Gasteiger partial charge in [-0.1, -0.05) is 166 Å². The lowest BCUT2D eigenvalue weighted by Gasteiger charge is -2.39. The van der Waals surface area contributed by atoms with E-state index in [2.05, 4.69) is 224 Å². The first-order valence-electron chi connectivity index (χ1n) is 23.8. The van der Waals surface area contributed by atoms with Crippen LogP contribution < -0.4 is 20.2 Å². The second kappa shape index (κ2) is 14.5. The van der Waals surface area contributed by atoms with Gasteiger partial charge in [0.15, 0.2) is 0 Å². The van der Waals surface area contributed by atoms with Gasteiger partial charge in [0.05, 0.1) is 11.7 Å². The summed E-state index contributed by atoms with van der Waals surface area (Å²) < 4.78 is 0. The minimum absolute atomic E-state index is 0.0724. The third-order valence-electron chi connectivity index (χ3n) is 15.4. The van der Waals surface area contributed by atoms with E-state index in [0.29, 0.717) is 0 Å². The highest BCUT2D eigenvalue weighted by Gasteiger charge is 2.36. The maximum atomic E-state index is 5.35. The van der Waals surface area contributed by atoms with Gasteiger partial charge in [0, 0.05) is 63.8 Å². The van der Waals surface area contributed by atoms with E-state index in [-0.39, 0.29) is 11.5 Å². The van der Waals surface area contributed by atoms with Gasteiger partial charge in [0.1, 0.15) is 0 Å². The van der Waals surface area contributed by atoms with Crippen molar-refractivity contribution in [3.8, 4) is 33.5 Å². The van der Waals surface area contributed by atoms with Crippen molar-refractivity contribution in [2.45, 2.75) is 44.6 Å². The number of anilines is 5. The monoisotopic (exact) mass is 857 g/mol. The summed E-state index contributed by atoms with van der Waals surface area (Å²) in [6.07, 6.45) is 9.86. The fourth-order valence-electron chi connectivity index (χ4n) is 12.3. The molecule has 67 heavy (non-hydrogen) atoms. The average molecular weight is 858 g/mol. The SMILES string of the molecule is CC1(C)c2ccccc2-c2ccc(-c3c4c(c(-c5nccc6ccccc56)c5ccc(N6c7ccccc7Cc7ccccc76)cc35)=CC(N3c5ccccc5Cc5ccccc53)CC=4)cc21. The molecular weight excluding hydrogens is 811 g/mol. The molecule has 1 atom stereocenters. The lowest BCUT2D eigenvalue weighted by atomic mass is 9.80. The minimum Gasteiger partial charge on any atom is -0.334 e. The molecule has 0 fully saturated rings. The molecule has 0 N–H and O–H groups in total. The Morgan fingerprint density at radius 1 is 0.493 bits per heavy atom. The summed E-state index contributed by atoms with van der Waals surface area (Å²) in [6.45, 7) is 4.79. The molecule has 14 rings (SSSR count). The molecule has 0 saturated carbocycles. The Hall–Kier alpha value is -8.01. The zero-order valence-electron chi connectivity index (χ0n) is 37.7. The summed E-state index contributed by atoms with van der Waals surface area (Å²) in [5, 5.41) is 7.29. The van der Waals surface area contributed by atoms with Crippen molar-refractivity contribution in [1.82, 2.24) is 4.98 Å². The fraction of sp³-hybridized carbons (Fsp3) is 0.109. The lowest BCUT2D eigenvalue weighted by Crippen LogP contribution is -2.41. The number of hydrogen-bond acceptors (Lipinski definition) is 3. The summed E-state index contributed by atoms with van der Waals surface area (Å²) in [5.74, 6) is 0. The van der Waals surface area contributed by atoms with E-state index in [4.69, 9.17) is 4.98 Å². The number of nitrogens with zero attached hydrogens (tertiary/aromatic N) is 3. The molecule has 0 saturated heterocycles. The number of rotatable bonds is 4. The van der Waals surface area contributed by atoms with Crippen LogP contribution >= 0.6 is 0 Å². The number of fused-ring (bicyclic) bond motifs is 10. The van der Waals surface area contributed by atoms with E-state index in [9.17, 15) is 0 Å². The van der Waals surface area contributed by atoms with Gasteiger partial charge in [-0.3, -0.25) is 4.98 Å². The number of para-hydroxylation sites is 4. The zero-order chi connectivity index (χ0) is 44.4. The van der Waals surface area contributed by atoms with E-state index in [0.717, 1.165) is 36.0 Å². The number of benzene rings is 9. The molecular formula is C64H47N3. The van der Waals surface area contributed by atoms with E-state index < -0.39 is 0 Å². The van der Waals surface area contributed by atoms with Crippen LogP contribution in [0.5, 0.6) is 0 Å². The molecule has 3 heteroatoms. The van der Waals surface area contributed by atoms with Crippen molar-refractivity contribution in [2.75, 3.05) is 9.80 Å². The first kappa shape index (κ1) is 38.3. The number of pyridine rings is 1. The second-order valence-corrected chi connectivity index (χ2v) is 19.4. The third-order valence-corrected chi connectivity index (χ3v) is 15.4. The minimum atomic E-state index is -0.146. The summed E-state index contributed by atoms with van der Waals surface area (Å²) in [4.78, 5) is 10.5. The molecule has 9 aromatic carbocycles. The molecule has 3 heterocycles. The largest absolute Gasteiger partial charge is 0.334 e. The molecule has 0 radical (unpaired) electrons. The second-order valence-electron chi connectivity index (χ2n) is 19.4. The first-order chi connectivity index (χ1) is 33.0. The first-order valence-corrected chi connectivity index (χ1v) is 23.8. The zero-order valence-corrected chi connectivity index (χ0v) is 37.7. The summed E-state index contributed by atoms with van der Waals surface area (Å²) in [5.41, 5.74) is 21.6. The maximum absolute atomic E-state index is 5.35. The van der Waals surface area contributed by atoms with Gasteiger partial charge in [-0.15, -0.1) is 0 Å². The highest BCUT2D eigenvalue weighted by Crippen LogP contribution is 2.51. The molecule has 1 unspecified atom stereocenters. The Bertz CT molecular complexity index is 3760. The fourth-order valence-corrected chi connectivity index (χ4v) is 12.3. The van der Waals surface area contributed by atoms with Crippen LogP contribution in [0, 0.1) is 0 Å². The van der Waals surface area contributed by atoms with Crippen LogP contribution in [0.4, 0.5) is 28.4 Å². The van der Waals surface area contributed by atoms with Gasteiger partial charge in [-0.2, -0.15) is 0 Å². The normalized spacial score (nSPS) is 15.9. The van der Waals surface area contributed by atoms with Crippen molar-refractivity contribution < 1.29 is 0 Å². The molecule has 10 aromatic rings. The predicted octanol–water partition coefficient (Wildman–Crippen LogP) is 14.5. The van der Waals surface area contributed by atoms with Crippen molar-refractivity contribution in [1.29, 1.82) is 0 Å². The standard InChI is InChI=1S/C64H47N3/c1-64(2)55-22-10-9-21-49(55)50-30-27-45(37-56(50)64)61-51-31-28-47(67-59-25-13-6-18-43(59)36-44-19-7-14-26-60(44)67)39-54(51)62(63-48-20-8-3-15-40(48)33-34-65-63)52-32-29-46(38-53(52)61)66-57-23-11-4-16-41(57)35-42-17-5-12-24-58(42)66/h3-27,29-34,37-39,47H,28,35-36H2,1-2H3. The Morgan fingerprint density at radius 2 is 1.10 bits per heavy atom. The highest BCUT2D eigenvalue weighted by atomic mass is 15.2. The van der Waals surface area contributed by atoms with E-state index >= 15 is 0 Å². The lowest BCUT2D eigenvalue weighted by molar-refractivity contribution is 0.660. The topological polar surface area (TPSA) is 19.4 Å². The van der Waals surface area contributed by atoms with Crippen LogP contribution in [0.25, 0.3) is 67.2 Å². The molecule has 3 nitrogen and oxygen atoms in total. The highest BCUT2D eigenvalue weighted by molar-refractivity contribution is 6.11. The molecule has 2 aliphatic heterocycles.